The molecule has 0 fully saturated rings. The Hall–Kier alpha value is -0.943. The van der Waals surface area contributed by atoms with E-state index in [1.54, 1.807) is 0 Å². The van der Waals surface area contributed by atoms with Crippen LogP contribution in [0.1, 0.15) is 86.0 Å². The summed E-state index contributed by atoms with van der Waals surface area (Å²) in [6, 6.07) is 21.3. The summed E-state index contributed by atoms with van der Waals surface area (Å²) >= 11 is 0. The Morgan fingerprint density at radius 1 is 0.811 bits per heavy atom. The first-order valence-electron chi connectivity index (χ1n) is 12.8. The molecule has 1 amide bonds. The van der Waals surface area contributed by atoms with E-state index in [1.807, 2.05) is 0 Å². The number of hydrogen-bond donors (Lipinski definition) is 0. The number of hydrogen-bond acceptors (Lipinski definition) is 1. The molecule has 2 aromatic rings. The second-order valence-electron chi connectivity index (χ2n) is 9.06. The summed E-state index contributed by atoms with van der Waals surface area (Å²) < 4.78 is 0. The van der Waals surface area contributed by atoms with E-state index in [0.29, 0.717) is 12.3 Å². The largest absolute Gasteiger partial charge is 4.00 e. The molecule has 0 saturated carbocycles. The predicted molar refractivity (Wildman–Crippen MR) is 151 cm³/mol. The monoisotopic (exact) mass is 724 g/mol. The van der Waals surface area contributed by atoms with Crippen LogP contribution in [0.15, 0.2) is 77.4 Å². The third-order valence-electron chi connectivity index (χ3n) is 6.18. The Morgan fingerprint density at radius 2 is 1.24 bits per heavy atom. The third kappa shape index (κ3) is 19.7. The summed E-state index contributed by atoms with van der Waals surface area (Å²) in [4.78, 5) is 10.2. The number of benzene rings is 2. The Labute approximate surface area is 260 Å². The van der Waals surface area contributed by atoms with Crippen LogP contribution in [-0.4, -0.2) is 15.4 Å². The quantitative estimate of drug-likeness (QED) is 0.209. The molecule has 0 heterocycles. The number of rotatable bonds is 10. The smallest absolute Gasteiger partial charge is 1.00 e. The van der Waals surface area contributed by atoms with Gasteiger partial charge in [0.05, 0.1) is 0 Å². The van der Waals surface area contributed by atoms with Gasteiger partial charge < -0.3 is 35.3 Å². The van der Waals surface area contributed by atoms with Gasteiger partial charge in [-0.3, -0.25) is 6.08 Å². The molecule has 1 atom stereocenters. The summed E-state index contributed by atoms with van der Waals surface area (Å²) in [5.41, 5.74) is 10.9. The van der Waals surface area contributed by atoms with Gasteiger partial charge >= 0.3 is 25.8 Å². The minimum Gasteiger partial charge on any atom is -1.00 e. The fraction of sp³-hybridized carbons (Fsp3) is 0.452. The molecule has 1 unspecified atom stereocenters. The zero-order valence-electron chi connectivity index (χ0n) is 23.2. The number of unbranched alkanes of at least 4 members (excludes halogenated alkanes) is 6. The molecule has 0 bridgehead atoms. The SMILES string of the molecule is CC1=[C-]C(C)C(C)=C1C.CCCCCCCCCC([NH-])=O.[Cl-].[Cl-].[Hf+4].c1ccc([SiH]c2ccccc2)cc1. The summed E-state index contributed by atoms with van der Waals surface area (Å²) in [5.74, 6) is 0.147. The van der Waals surface area contributed by atoms with Crippen molar-refractivity contribution in [3.05, 3.63) is 89.2 Å². The summed E-state index contributed by atoms with van der Waals surface area (Å²) in [7, 11) is 0.271. The Balaban J connectivity index is -0.000000457. The topological polar surface area (TPSA) is 40.9 Å². The van der Waals surface area contributed by atoms with Crippen LogP contribution >= 0.6 is 0 Å². The van der Waals surface area contributed by atoms with Crippen LogP contribution in [0.5, 0.6) is 0 Å². The molecule has 1 N–H and O–H groups in total. The van der Waals surface area contributed by atoms with Crippen molar-refractivity contribution in [1.82, 2.24) is 0 Å². The van der Waals surface area contributed by atoms with Crippen molar-refractivity contribution >= 4 is 25.8 Å². The molecule has 0 saturated heterocycles. The molecule has 0 aliphatic heterocycles. The van der Waals surface area contributed by atoms with Crippen LogP contribution < -0.4 is 35.2 Å². The number of halogens is 2. The second-order valence-corrected chi connectivity index (χ2v) is 10.7. The van der Waals surface area contributed by atoms with Gasteiger partial charge in [-0.15, -0.1) is 6.92 Å². The Morgan fingerprint density at radius 3 is 1.57 bits per heavy atom. The normalized spacial score (nSPS) is 13.3. The maximum absolute atomic E-state index is 10.2. The molecule has 1 aliphatic rings. The number of allylic oxidation sites excluding steroid dienone is 4. The number of carbonyl (C=O) groups excluding carboxylic acids is 1. The van der Waals surface area contributed by atoms with E-state index in [9.17, 15) is 4.79 Å². The van der Waals surface area contributed by atoms with Gasteiger partial charge in [-0.25, -0.2) is 5.57 Å². The van der Waals surface area contributed by atoms with Crippen LogP contribution in [0.2, 0.25) is 0 Å². The van der Waals surface area contributed by atoms with Gasteiger partial charge in [-0.2, -0.15) is 11.1 Å². The van der Waals surface area contributed by atoms with Gasteiger partial charge in [0.25, 0.3) is 0 Å². The van der Waals surface area contributed by atoms with Gasteiger partial charge in [0, 0.05) is 5.91 Å². The first-order valence-corrected chi connectivity index (χ1v) is 14.0. The van der Waals surface area contributed by atoms with Crippen LogP contribution in [-0.2, 0) is 30.6 Å². The zero-order valence-corrected chi connectivity index (χ0v) is 29.5. The molecule has 2 aromatic carbocycles. The van der Waals surface area contributed by atoms with E-state index >= 15 is 0 Å². The number of carbonyl (C=O) groups is 1. The average molecular weight is 724 g/mol. The summed E-state index contributed by atoms with van der Waals surface area (Å²) in [6.07, 6.45) is 12.3. The van der Waals surface area contributed by atoms with Crippen molar-refractivity contribution in [2.24, 2.45) is 5.92 Å². The van der Waals surface area contributed by atoms with E-state index in [0.717, 1.165) is 12.8 Å². The van der Waals surface area contributed by atoms with Crippen molar-refractivity contribution in [2.45, 2.75) is 86.0 Å². The van der Waals surface area contributed by atoms with Crippen molar-refractivity contribution in [2.75, 3.05) is 0 Å². The maximum Gasteiger partial charge on any atom is 4.00 e. The van der Waals surface area contributed by atoms with E-state index in [4.69, 9.17) is 5.73 Å². The summed E-state index contributed by atoms with van der Waals surface area (Å²) in [5, 5.41) is 2.90. The van der Waals surface area contributed by atoms with Crippen molar-refractivity contribution in [3.63, 3.8) is 0 Å². The van der Waals surface area contributed by atoms with Crippen molar-refractivity contribution in [3.8, 4) is 0 Å². The second kappa shape index (κ2) is 25.3. The molecule has 3 rings (SSSR count). The fourth-order valence-electron chi connectivity index (χ4n) is 3.70. The predicted octanol–water partition coefficient (Wildman–Crippen LogP) is 1.51. The standard InChI is InChI=1S/C12H11Si.C10H21NO.C9H13.2ClH.Hf/c1-3-7-11(8-4-1)13-12-9-5-2-6-10-12;1-2-3-4-5-6-7-8-9-10(11)12;1-6-5-7(2)9(4)8(6)3;;;/h1-10,13H;2-9H2,1H3,(H2,11,12);6H,1-4H3;2*1H;/q;;-1;;;+4/p-3. The van der Waals surface area contributed by atoms with Crippen LogP contribution in [0.3, 0.4) is 0 Å². The van der Waals surface area contributed by atoms with Crippen LogP contribution in [0.25, 0.3) is 5.73 Å². The Kier molecular flexibility index (Phi) is 27.8. The van der Waals surface area contributed by atoms with Crippen LogP contribution in [0.4, 0.5) is 0 Å². The summed E-state index contributed by atoms with van der Waals surface area (Å²) in [6.45, 7) is 10.9. The van der Waals surface area contributed by atoms with Crippen molar-refractivity contribution < 1.29 is 55.5 Å². The van der Waals surface area contributed by atoms with Gasteiger partial charge in [0.15, 0.2) is 0 Å². The molecule has 1 aliphatic carbocycles. The molecule has 0 aromatic heterocycles. The molecule has 1 radical (unpaired) electrons. The molecule has 6 heteroatoms. The van der Waals surface area contributed by atoms with Crippen LogP contribution in [0, 0.1) is 12.0 Å². The number of amides is 1. The third-order valence-corrected chi connectivity index (χ3v) is 7.61. The number of nitrogens with one attached hydrogen (secondary N) is 1. The van der Waals surface area contributed by atoms with Gasteiger partial charge in [0.1, 0.15) is 9.52 Å². The van der Waals surface area contributed by atoms with E-state index in [1.165, 1.54) is 59.2 Å². The molecule has 0 spiro atoms. The molecule has 2 nitrogen and oxygen atoms in total. The van der Waals surface area contributed by atoms with Gasteiger partial charge in [0.2, 0.25) is 0 Å². The molecular formula is C31H44Cl2HfNOSi. The van der Waals surface area contributed by atoms with Gasteiger partial charge in [-0.05, 0) is 12.8 Å². The van der Waals surface area contributed by atoms with E-state index < -0.39 is 5.91 Å². The Bertz CT molecular complexity index is 851. The molecular weight excluding hydrogens is 680 g/mol. The first-order chi connectivity index (χ1) is 16.3. The fourth-order valence-corrected chi connectivity index (χ4v) is 4.91. The molecule has 201 valence electrons. The van der Waals surface area contributed by atoms with Crippen molar-refractivity contribution in [1.29, 1.82) is 0 Å². The average Bonchev–Trinajstić information content (AvgIpc) is 3.05. The zero-order chi connectivity index (χ0) is 25.2. The minimum atomic E-state index is -0.413. The van der Waals surface area contributed by atoms with Gasteiger partial charge in [-0.1, -0.05) is 143 Å². The molecule has 37 heavy (non-hydrogen) atoms. The van der Waals surface area contributed by atoms with E-state index in [2.05, 4.69) is 101 Å². The van der Waals surface area contributed by atoms with E-state index in [-0.39, 0.29) is 60.2 Å². The minimum absolute atomic E-state index is 0. The first kappa shape index (κ1) is 40.6. The maximum atomic E-state index is 10.2.